The van der Waals surface area contributed by atoms with Crippen molar-refractivity contribution in [2.75, 3.05) is 32.2 Å². The molecule has 1 fully saturated rings. The molecule has 1 aromatic carbocycles. The van der Waals surface area contributed by atoms with Gasteiger partial charge in [-0.05, 0) is 44.4 Å². The molecule has 3 heterocycles. The van der Waals surface area contributed by atoms with Gasteiger partial charge in [0, 0.05) is 19.2 Å². The number of nitrogens with one attached hydrogen (secondary N) is 1. The highest BCUT2D eigenvalue weighted by Gasteiger charge is 2.21. The lowest BCUT2D eigenvalue weighted by molar-refractivity contribution is 0.0934. The van der Waals surface area contributed by atoms with E-state index in [2.05, 4.69) is 15.3 Å². The van der Waals surface area contributed by atoms with E-state index in [1.807, 2.05) is 44.3 Å². The summed E-state index contributed by atoms with van der Waals surface area (Å²) in [4.78, 5) is 19.9. The number of anilines is 1. The summed E-state index contributed by atoms with van der Waals surface area (Å²) in [6.07, 6.45) is 4.17. The van der Waals surface area contributed by atoms with Crippen LogP contribution < -0.4 is 19.7 Å². The Morgan fingerprint density at radius 2 is 1.87 bits per heavy atom. The van der Waals surface area contributed by atoms with Crippen molar-refractivity contribution in [3.63, 3.8) is 0 Å². The summed E-state index contributed by atoms with van der Waals surface area (Å²) in [7, 11) is 3.19. The second-order valence-corrected chi connectivity index (χ2v) is 7.57. The summed E-state index contributed by atoms with van der Waals surface area (Å²) in [6.45, 7) is 5.83. The van der Waals surface area contributed by atoms with Crippen molar-refractivity contribution in [1.29, 1.82) is 0 Å². The van der Waals surface area contributed by atoms with Gasteiger partial charge in [0.2, 0.25) is 0 Å². The molecule has 30 heavy (non-hydrogen) atoms. The van der Waals surface area contributed by atoms with Crippen LogP contribution in [0.5, 0.6) is 11.5 Å². The van der Waals surface area contributed by atoms with Crippen molar-refractivity contribution in [2.24, 2.45) is 0 Å². The third-order valence-corrected chi connectivity index (χ3v) is 5.45. The van der Waals surface area contributed by atoms with Crippen molar-refractivity contribution < 1.29 is 14.3 Å². The van der Waals surface area contributed by atoms with Crippen LogP contribution in [0.25, 0.3) is 5.52 Å². The van der Waals surface area contributed by atoms with Gasteiger partial charge in [-0.25, -0.2) is 9.50 Å². The van der Waals surface area contributed by atoms with Crippen LogP contribution in [0.1, 0.15) is 47.6 Å². The van der Waals surface area contributed by atoms with Gasteiger partial charge in [0.1, 0.15) is 5.52 Å². The number of rotatable bonds is 6. The first kappa shape index (κ1) is 20.0. The van der Waals surface area contributed by atoms with Gasteiger partial charge in [0.05, 0.1) is 32.2 Å². The van der Waals surface area contributed by atoms with Crippen molar-refractivity contribution in [2.45, 2.75) is 32.7 Å². The van der Waals surface area contributed by atoms with E-state index in [9.17, 15) is 4.79 Å². The van der Waals surface area contributed by atoms with E-state index in [1.165, 1.54) is 0 Å². The zero-order chi connectivity index (χ0) is 21.3. The number of benzene rings is 1. The molecule has 1 aliphatic rings. The largest absolute Gasteiger partial charge is 0.493 e. The van der Waals surface area contributed by atoms with E-state index in [0.29, 0.717) is 17.2 Å². The van der Waals surface area contributed by atoms with Crippen LogP contribution >= 0.6 is 0 Å². The van der Waals surface area contributed by atoms with Crippen molar-refractivity contribution in [1.82, 2.24) is 19.9 Å². The predicted octanol–water partition coefficient (Wildman–Crippen LogP) is 3.15. The number of hydrogen-bond donors (Lipinski definition) is 1. The molecule has 1 aliphatic heterocycles. The molecule has 1 amide bonds. The van der Waals surface area contributed by atoms with E-state index in [1.54, 1.807) is 18.7 Å². The Labute approximate surface area is 175 Å². The molecule has 0 saturated carbocycles. The minimum absolute atomic E-state index is 0.222. The van der Waals surface area contributed by atoms with E-state index in [-0.39, 0.29) is 11.9 Å². The fourth-order valence-corrected chi connectivity index (χ4v) is 3.84. The summed E-state index contributed by atoms with van der Waals surface area (Å²) in [5.41, 5.74) is 3.01. The van der Waals surface area contributed by atoms with Crippen LogP contribution in [0.3, 0.4) is 0 Å². The number of ether oxygens (including phenoxy) is 2. The third-order valence-electron chi connectivity index (χ3n) is 5.45. The number of aryl methyl sites for hydroxylation is 1. The topological polar surface area (TPSA) is 81.0 Å². The lowest BCUT2D eigenvalue weighted by Gasteiger charge is -2.17. The molecule has 3 aromatic rings. The summed E-state index contributed by atoms with van der Waals surface area (Å²) >= 11 is 0. The molecule has 0 bridgehead atoms. The van der Waals surface area contributed by atoms with E-state index < -0.39 is 0 Å². The second kappa shape index (κ2) is 8.22. The maximum atomic E-state index is 12.9. The number of nitrogens with zero attached hydrogens (tertiary/aromatic N) is 4. The average molecular weight is 409 g/mol. The monoisotopic (exact) mass is 409 g/mol. The van der Waals surface area contributed by atoms with Crippen LogP contribution in [-0.4, -0.2) is 47.8 Å². The lowest BCUT2D eigenvalue weighted by atomic mass is 10.1. The van der Waals surface area contributed by atoms with Gasteiger partial charge < -0.3 is 19.7 Å². The number of aromatic nitrogens is 3. The Bertz CT molecular complexity index is 1070. The molecule has 0 aliphatic carbocycles. The summed E-state index contributed by atoms with van der Waals surface area (Å²) in [5, 5.41) is 7.53. The number of hydrogen-bond acceptors (Lipinski definition) is 6. The Balaban J connectivity index is 1.58. The molecule has 1 N–H and O–H groups in total. The Morgan fingerprint density at radius 3 is 2.57 bits per heavy atom. The first-order valence-corrected chi connectivity index (χ1v) is 10.1. The fraction of sp³-hybridized carbons (Fsp3) is 0.409. The zero-order valence-electron chi connectivity index (χ0n) is 17.8. The van der Waals surface area contributed by atoms with Crippen molar-refractivity contribution in [3.05, 3.63) is 47.4 Å². The maximum absolute atomic E-state index is 12.9. The molecule has 1 saturated heterocycles. The van der Waals surface area contributed by atoms with Gasteiger partial charge in [-0.2, -0.15) is 5.10 Å². The van der Waals surface area contributed by atoms with Crippen molar-refractivity contribution in [3.8, 4) is 11.5 Å². The number of amides is 1. The molecular weight excluding hydrogens is 382 g/mol. The van der Waals surface area contributed by atoms with Crippen LogP contribution in [0, 0.1) is 6.92 Å². The molecule has 0 radical (unpaired) electrons. The zero-order valence-corrected chi connectivity index (χ0v) is 17.8. The molecule has 2 aromatic heterocycles. The normalized spacial score (nSPS) is 14.7. The Kier molecular flexibility index (Phi) is 5.48. The quantitative estimate of drug-likeness (QED) is 0.674. The van der Waals surface area contributed by atoms with Crippen molar-refractivity contribution >= 4 is 17.2 Å². The maximum Gasteiger partial charge on any atom is 0.272 e. The number of fused-ring (bicyclic) bond motifs is 1. The minimum atomic E-state index is -0.231. The molecule has 158 valence electrons. The van der Waals surface area contributed by atoms with E-state index >= 15 is 0 Å². The van der Waals surface area contributed by atoms with Gasteiger partial charge in [0.15, 0.2) is 23.0 Å². The highest BCUT2D eigenvalue weighted by molar-refractivity contribution is 5.94. The third kappa shape index (κ3) is 3.77. The van der Waals surface area contributed by atoms with Gasteiger partial charge >= 0.3 is 0 Å². The molecule has 8 nitrogen and oxygen atoms in total. The molecular formula is C22H27N5O3. The first-order valence-electron chi connectivity index (χ1n) is 10.1. The van der Waals surface area contributed by atoms with Gasteiger partial charge in [-0.1, -0.05) is 6.07 Å². The molecule has 1 unspecified atom stereocenters. The first-order chi connectivity index (χ1) is 14.5. The number of carbonyl (C=O) groups excluding carboxylic acids is 1. The molecule has 0 spiro atoms. The fourth-order valence-electron chi connectivity index (χ4n) is 3.84. The minimum Gasteiger partial charge on any atom is -0.493 e. The number of carbonyl (C=O) groups is 1. The SMILES string of the molecule is COc1ccc(C(C)NC(=O)c2cc3c(N4CCCC4)nc(C)cn3n2)cc1OC. The van der Waals surface area contributed by atoms with E-state index in [4.69, 9.17) is 14.5 Å². The van der Waals surface area contributed by atoms with Gasteiger partial charge in [-0.15, -0.1) is 0 Å². The summed E-state index contributed by atoms with van der Waals surface area (Å²) in [5.74, 6) is 1.94. The number of methoxy groups -OCH3 is 2. The summed E-state index contributed by atoms with van der Waals surface area (Å²) < 4.78 is 12.4. The smallest absolute Gasteiger partial charge is 0.272 e. The van der Waals surface area contributed by atoms with Crippen LogP contribution in [0.15, 0.2) is 30.5 Å². The molecule has 1 atom stereocenters. The van der Waals surface area contributed by atoms with E-state index in [0.717, 1.165) is 48.5 Å². The van der Waals surface area contributed by atoms with Crippen LogP contribution in [0.4, 0.5) is 5.82 Å². The lowest BCUT2D eigenvalue weighted by Crippen LogP contribution is -2.27. The van der Waals surface area contributed by atoms with Crippen LogP contribution in [-0.2, 0) is 0 Å². The molecule has 4 rings (SSSR count). The molecule has 8 heteroatoms. The Hall–Kier alpha value is -3.29. The second-order valence-electron chi connectivity index (χ2n) is 7.57. The predicted molar refractivity (Wildman–Crippen MR) is 115 cm³/mol. The van der Waals surface area contributed by atoms with Crippen LogP contribution in [0.2, 0.25) is 0 Å². The standard InChI is InChI=1S/C22H27N5O3/c1-14-13-27-18(21(23-14)26-9-5-6-10-26)12-17(25-27)22(28)24-15(2)16-7-8-19(29-3)20(11-16)30-4/h7-8,11-13,15H,5-6,9-10H2,1-4H3,(H,24,28). The van der Waals surface area contributed by atoms with Gasteiger partial charge in [0.25, 0.3) is 5.91 Å². The summed E-state index contributed by atoms with van der Waals surface area (Å²) in [6, 6.07) is 7.20. The average Bonchev–Trinajstić information content (AvgIpc) is 3.42. The highest BCUT2D eigenvalue weighted by atomic mass is 16.5. The highest BCUT2D eigenvalue weighted by Crippen LogP contribution is 2.30. The Morgan fingerprint density at radius 1 is 1.13 bits per heavy atom. The van der Waals surface area contributed by atoms with Gasteiger partial charge in [-0.3, -0.25) is 4.79 Å².